The van der Waals surface area contributed by atoms with Gasteiger partial charge in [0.2, 0.25) is 0 Å². The molecule has 20 heavy (non-hydrogen) atoms. The molecule has 1 saturated heterocycles. The van der Waals surface area contributed by atoms with Gasteiger partial charge in [-0.25, -0.2) is 13.4 Å². The molecule has 2 aromatic rings. The molecule has 0 atom stereocenters. The lowest BCUT2D eigenvalue weighted by Crippen LogP contribution is -2.39. The van der Waals surface area contributed by atoms with E-state index in [-0.39, 0.29) is 5.03 Å². The van der Waals surface area contributed by atoms with Crippen molar-refractivity contribution in [1.29, 1.82) is 0 Å². The average Bonchev–Trinajstić information content (AvgIpc) is 3.12. The van der Waals surface area contributed by atoms with E-state index < -0.39 is 10.0 Å². The standard InChI is InChI=1S/C12H17N5O2S/c18-20(19,12-8-13-9-14-12)17-5-2-10(3-6-17)7-11-1-4-15-16-11/h1,4,8-10H,2-3,5-7H2,(H,13,14)(H,15,16). The minimum atomic E-state index is -3.41. The molecule has 7 nitrogen and oxygen atoms in total. The number of sulfonamides is 1. The third-order valence-electron chi connectivity index (χ3n) is 3.73. The normalized spacial score (nSPS) is 18.4. The van der Waals surface area contributed by atoms with E-state index >= 15 is 0 Å². The molecule has 1 aliphatic rings. The van der Waals surface area contributed by atoms with Gasteiger partial charge in [0.1, 0.15) is 0 Å². The molecule has 3 rings (SSSR count). The van der Waals surface area contributed by atoms with Gasteiger partial charge < -0.3 is 4.98 Å². The molecule has 0 aromatic carbocycles. The number of imidazole rings is 1. The van der Waals surface area contributed by atoms with Crippen LogP contribution in [0.4, 0.5) is 0 Å². The van der Waals surface area contributed by atoms with E-state index in [9.17, 15) is 8.42 Å². The molecule has 0 amide bonds. The highest BCUT2D eigenvalue weighted by atomic mass is 32.2. The predicted molar refractivity (Wildman–Crippen MR) is 72.4 cm³/mol. The summed E-state index contributed by atoms with van der Waals surface area (Å²) in [7, 11) is -3.41. The Balaban J connectivity index is 1.61. The molecule has 0 aliphatic carbocycles. The van der Waals surface area contributed by atoms with Crippen LogP contribution in [0.5, 0.6) is 0 Å². The van der Waals surface area contributed by atoms with Gasteiger partial charge in [0.25, 0.3) is 10.0 Å². The summed E-state index contributed by atoms with van der Waals surface area (Å²) < 4.78 is 26.2. The number of aromatic nitrogens is 4. The SMILES string of the molecule is O=S(=O)(c1cnc[nH]1)N1CCC(Cc2ccn[nH]2)CC1. The maximum Gasteiger partial charge on any atom is 0.260 e. The lowest BCUT2D eigenvalue weighted by molar-refractivity contribution is 0.271. The van der Waals surface area contributed by atoms with Gasteiger partial charge in [0.05, 0.1) is 12.5 Å². The summed E-state index contributed by atoms with van der Waals surface area (Å²) in [5.41, 5.74) is 1.11. The highest BCUT2D eigenvalue weighted by molar-refractivity contribution is 7.89. The van der Waals surface area contributed by atoms with Crippen molar-refractivity contribution >= 4 is 10.0 Å². The van der Waals surface area contributed by atoms with Crippen molar-refractivity contribution in [2.45, 2.75) is 24.3 Å². The molecule has 0 saturated carbocycles. The molecule has 0 bridgehead atoms. The lowest BCUT2D eigenvalue weighted by atomic mass is 9.93. The minimum absolute atomic E-state index is 0.171. The highest BCUT2D eigenvalue weighted by Crippen LogP contribution is 2.24. The van der Waals surface area contributed by atoms with Gasteiger partial charge in [-0.3, -0.25) is 5.10 Å². The van der Waals surface area contributed by atoms with Gasteiger partial charge in [-0.2, -0.15) is 9.40 Å². The van der Waals surface area contributed by atoms with Crippen molar-refractivity contribution in [3.05, 3.63) is 30.5 Å². The van der Waals surface area contributed by atoms with Gasteiger partial charge in [0.15, 0.2) is 5.03 Å². The summed E-state index contributed by atoms with van der Waals surface area (Å²) in [6.45, 7) is 1.11. The van der Waals surface area contributed by atoms with E-state index in [2.05, 4.69) is 20.2 Å². The fourth-order valence-corrected chi connectivity index (χ4v) is 3.95. The topological polar surface area (TPSA) is 94.7 Å². The molecular formula is C12H17N5O2S. The van der Waals surface area contributed by atoms with Crippen LogP contribution in [0.2, 0.25) is 0 Å². The van der Waals surface area contributed by atoms with Crippen LogP contribution in [-0.2, 0) is 16.4 Å². The maximum absolute atomic E-state index is 12.3. The number of H-pyrrole nitrogens is 2. The first-order valence-electron chi connectivity index (χ1n) is 6.63. The minimum Gasteiger partial charge on any atom is -0.335 e. The van der Waals surface area contributed by atoms with Crippen LogP contribution < -0.4 is 0 Å². The van der Waals surface area contributed by atoms with Gasteiger partial charge in [-0.05, 0) is 31.2 Å². The van der Waals surface area contributed by atoms with Gasteiger partial charge >= 0.3 is 0 Å². The molecule has 0 spiro atoms. The molecule has 2 aromatic heterocycles. The average molecular weight is 295 g/mol. The smallest absolute Gasteiger partial charge is 0.260 e. The Morgan fingerprint density at radius 1 is 1.35 bits per heavy atom. The highest BCUT2D eigenvalue weighted by Gasteiger charge is 2.30. The molecule has 0 radical (unpaired) electrons. The first-order chi connectivity index (χ1) is 9.66. The third-order valence-corrected chi connectivity index (χ3v) is 5.56. The summed E-state index contributed by atoms with van der Waals surface area (Å²) in [6.07, 6.45) is 7.15. The fraction of sp³-hybridized carbons (Fsp3) is 0.500. The van der Waals surface area contributed by atoms with Crippen molar-refractivity contribution in [3.63, 3.8) is 0 Å². The number of piperidine rings is 1. The van der Waals surface area contributed by atoms with Crippen molar-refractivity contribution in [2.24, 2.45) is 5.92 Å². The summed E-state index contributed by atoms with van der Waals surface area (Å²) in [5, 5.41) is 7.06. The Hall–Kier alpha value is -1.67. The van der Waals surface area contributed by atoms with Crippen LogP contribution in [0.25, 0.3) is 0 Å². The van der Waals surface area contributed by atoms with E-state index in [0.717, 1.165) is 25.0 Å². The van der Waals surface area contributed by atoms with E-state index in [4.69, 9.17) is 0 Å². The quantitative estimate of drug-likeness (QED) is 0.871. The van der Waals surface area contributed by atoms with Crippen molar-refractivity contribution in [1.82, 2.24) is 24.5 Å². The van der Waals surface area contributed by atoms with Crippen molar-refractivity contribution in [3.8, 4) is 0 Å². The second-order valence-corrected chi connectivity index (χ2v) is 6.96. The second kappa shape index (κ2) is 5.37. The molecule has 1 fully saturated rings. The first-order valence-corrected chi connectivity index (χ1v) is 8.07. The zero-order valence-corrected chi connectivity index (χ0v) is 11.8. The Bertz CT molecular complexity index is 627. The lowest BCUT2D eigenvalue weighted by Gasteiger charge is -2.30. The Morgan fingerprint density at radius 2 is 2.15 bits per heavy atom. The van der Waals surface area contributed by atoms with Crippen LogP contribution in [0, 0.1) is 5.92 Å². The first kappa shape index (κ1) is 13.3. The maximum atomic E-state index is 12.3. The number of nitrogens with zero attached hydrogens (tertiary/aromatic N) is 3. The molecule has 1 aliphatic heterocycles. The predicted octanol–water partition coefficient (Wildman–Crippen LogP) is 0.776. The Kier molecular flexibility index (Phi) is 3.58. The second-order valence-electron chi connectivity index (χ2n) is 5.05. The summed E-state index contributed by atoms with van der Waals surface area (Å²) >= 11 is 0. The van der Waals surface area contributed by atoms with Crippen molar-refractivity contribution < 1.29 is 8.42 Å². The van der Waals surface area contributed by atoms with Gasteiger partial charge in [-0.15, -0.1) is 0 Å². The van der Waals surface area contributed by atoms with Crippen molar-refractivity contribution in [2.75, 3.05) is 13.1 Å². The monoisotopic (exact) mass is 295 g/mol. The molecule has 0 unspecified atom stereocenters. The molecule has 108 valence electrons. The summed E-state index contributed by atoms with van der Waals surface area (Å²) in [6, 6.07) is 1.97. The van der Waals surface area contributed by atoms with E-state index in [1.54, 1.807) is 6.20 Å². The number of hydrogen-bond acceptors (Lipinski definition) is 4. The van der Waals surface area contributed by atoms with E-state index in [1.165, 1.54) is 16.8 Å². The summed E-state index contributed by atoms with van der Waals surface area (Å²) in [5.74, 6) is 0.503. The van der Waals surface area contributed by atoms with Crippen LogP contribution >= 0.6 is 0 Å². The third kappa shape index (κ3) is 2.61. The van der Waals surface area contributed by atoms with Gasteiger partial charge in [-0.1, -0.05) is 0 Å². The number of aromatic amines is 2. The number of rotatable bonds is 4. The number of nitrogens with one attached hydrogen (secondary N) is 2. The summed E-state index contributed by atoms with van der Waals surface area (Å²) in [4.78, 5) is 6.44. The van der Waals surface area contributed by atoms with E-state index in [0.29, 0.717) is 19.0 Å². The zero-order valence-electron chi connectivity index (χ0n) is 11.0. The largest absolute Gasteiger partial charge is 0.335 e. The van der Waals surface area contributed by atoms with Gasteiger partial charge in [0, 0.05) is 25.0 Å². The van der Waals surface area contributed by atoms with Crippen LogP contribution in [-0.4, -0.2) is 46.0 Å². The molecule has 3 heterocycles. The van der Waals surface area contributed by atoms with Crippen LogP contribution in [0.15, 0.2) is 29.8 Å². The Labute approximate surface area is 117 Å². The molecule has 8 heteroatoms. The number of hydrogen-bond donors (Lipinski definition) is 2. The fourth-order valence-electron chi connectivity index (χ4n) is 2.59. The molecule has 2 N–H and O–H groups in total. The van der Waals surface area contributed by atoms with E-state index in [1.807, 2.05) is 6.07 Å². The Morgan fingerprint density at radius 3 is 2.75 bits per heavy atom. The van der Waals surface area contributed by atoms with Crippen LogP contribution in [0.3, 0.4) is 0 Å². The van der Waals surface area contributed by atoms with Crippen LogP contribution in [0.1, 0.15) is 18.5 Å². The zero-order chi connectivity index (χ0) is 14.0. The molecular weight excluding hydrogens is 278 g/mol.